The molecule has 1 aliphatic rings. The maximum Gasteiger partial charge on any atom is 0.573 e. The zero-order chi connectivity index (χ0) is 24.1. The summed E-state index contributed by atoms with van der Waals surface area (Å²) in [5, 5.41) is 15.7. The molecule has 0 bridgehead atoms. The summed E-state index contributed by atoms with van der Waals surface area (Å²) in [5.74, 6) is -0.797. The molecule has 2 atom stereocenters. The van der Waals surface area contributed by atoms with Gasteiger partial charge in [0.15, 0.2) is 0 Å². The van der Waals surface area contributed by atoms with Crippen molar-refractivity contribution in [2.45, 2.75) is 31.3 Å². The molecule has 36 heavy (non-hydrogen) atoms. The summed E-state index contributed by atoms with van der Waals surface area (Å²) in [7, 11) is 0. The number of alkyl halides is 3. The number of hydrogen-bond donors (Lipinski definition) is 2. The highest BCUT2D eigenvalue weighted by atomic mass is 35.5. The van der Waals surface area contributed by atoms with Gasteiger partial charge in [-0.15, -0.1) is 38.0 Å². The zero-order valence-electron chi connectivity index (χ0n) is 19.0. The highest BCUT2D eigenvalue weighted by Crippen LogP contribution is 2.33. The zero-order valence-corrected chi connectivity index (χ0v) is 20.7. The van der Waals surface area contributed by atoms with Crippen molar-refractivity contribution in [2.75, 3.05) is 13.1 Å². The largest absolute Gasteiger partial charge is 0.573 e. The van der Waals surface area contributed by atoms with E-state index in [1.807, 2.05) is 36.4 Å². The van der Waals surface area contributed by atoms with Crippen molar-refractivity contribution < 1.29 is 22.3 Å². The standard InChI is InChI=1S/C26H23F4N3O.2ClH/c27-23-12-17(14-31)6-8-21(23)19-7-9-25(34-26(28,29)30)20(13-19)15-33-24-10-11-32-16-22(24)18-4-2-1-3-5-18;;/h1-9,12-13,22,24,32-33H,10-11,15-16H2;2*1H/t22-,24-;;/m0../s1. The second kappa shape index (κ2) is 12.9. The summed E-state index contributed by atoms with van der Waals surface area (Å²) in [6, 6.07) is 20.0. The number of piperidine rings is 1. The molecule has 0 radical (unpaired) electrons. The number of halogens is 6. The summed E-state index contributed by atoms with van der Waals surface area (Å²) < 4.78 is 57.9. The summed E-state index contributed by atoms with van der Waals surface area (Å²) in [4.78, 5) is 0. The van der Waals surface area contributed by atoms with Crippen LogP contribution in [0.5, 0.6) is 5.75 Å². The van der Waals surface area contributed by atoms with Crippen LogP contribution in [-0.2, 0) is 6.54 Å². The second-order valence-electron chi connectivity index (χ2n) is 8.17. The number of nitrogens with zero attached hydrogens (tertiary/aromatic N) is 1. The van der Waals surface area contributed by atoms with E-state index < -0.39 is 12.2 Å². The van der Waals surface area contributed by atoms with Crippen LogP contribution in [0.1, 0.15) is 29.0 Å². The summed E-state index contributed by atoms with van der Waals surface area (Å²) in [6.45, 7) is 1.67. The van der Waals surface area contributed by atoms with Gasteiger partial charge in [-0.25, -0.2) is 4.39 Å². The van der Waals surface area contributed by atoms with E-state index in [1.165, 1.54) is 30.3 Å². The molecule has 0 spiro atoms. The molecule has 3 aromatic rings. The molecule has 2 N–H and O–H groups in total. The Balaban J connectivity index is 0.00000228. The first kappa shape index (κ1) is 29.4. The Kier molecular flexibility index (Phi) is 10.6. The minimum atomic E-state index is -4.85. The molecule has 0 amide bonds. The van der Waals surface area contributed by atoms with Gasteiger partial charge < -0.3 is 15.4 Å². The van der Waals surface area contributed by atoms with Crippen LogP contribution in [0.2, 0.25) is 0 Å². The number of nitriles is 1. The van der Waals surface area contributed by atoms with Gasteiger partial charge in [0.2, 0.25) is 0 Å². The molecule has 10 heteroatoms. The highest BCUT2D eigenvalue weighted by molar-refractivity contribution is 5.85. The fraction of sp³-hybridized carbons (Fsp3) is 0.269. The predicted octanol–water partition coefficient (Wildman–Crippen LogP) is 6.34. The van der Waals surface area contributed by atoms with Crippen LogP contribution in [0, 0.1) is 17.1 Å². The molecule has 1 saturated heterocycles. The van der Waals surface area contributed by atoms with Crippen molar-refractivity contribution in [3.05, 3.63) is 89.2 Å². The second-order valence-corrected chi connectivity index (χ2v) is 8.17. The van der Waals surface area contributed by atoms with Crippen LogP contribution in [0.15, 0.2) is 66.7 Å². The minimum absolute atomic E-state index is 0. The normalized spacial score (nSPS) is 17.3. The van der Waals surface area contributed by atoms with Crippen molar-refractivity contribution in [1.29, 1.82) is 5.26 Å². The summed E-state index contributed by atoms with van der Waals surface area (Å²) >= 11 is 0. The van der Waals surface area contributed by atoms with E-state index in [9.17, 15) is 17.6 Å². The quantitative estimate of drug-likeness (QED) is 0.357. The van der Waals surface area contributed by atoms with Gasteiger partial charge in [0.25, 0.3) is 0 Å². The third-order valence-electron chi connectivity index (χ3n) is 5.96. The molecule has 0 unspecified atom stereocenters. The van der Waals surface area contributed by atoms with Crippen molar-refractivity contribution in [2.24, 2.45) is 0 Å². The van der Waals surface area contributed by atoms with Gasteiger partial charge in [-0.3, -0.25) is 0 Å². The van der Waals surface area contributed by atoms with Crippen LogP contribution in [0.25, 0.3) is 11.1 Å². The Labute approximate surface area is 219 Å². The predicted molar refractivity (Wildman–Crippen MR) is 135 cm³/mol. The van der Waals surface area contributed by atoms with E-state index >= 15 is 0 Å². The lowest BCUT2D eigenvalue weighted by atomic mass is 9.86. The molecule has 1 aliphatic heterocycles. The van der Waals surface area contributed by atoms with Gasteiger partial charge in [-0.05, 0) is 48.4 Å². The molecule has 4 rings (SSSR count). The molecule has 0 aliphatic carbocycles. The van der Waals surface area contributed by atoms with Crippen LogP contribution in [0.3, 0.4) is 0 Å². The maximum atomic E-state index is 14.6. The van der Waals surface area contributed by atoms with E-state index in [2.05, 4.69) is 15.4 Å². The summed E-state index contributed by atoms with van der Waals surface area (Å²) in [5.41, 5.74) is 2.18. The van der Waals surface area contributed by atoms with Gasteiger partial charge in [-0.1, -0.05) is 42.5 Å². The third kappa shape index (κ3) is 7.34. The Hall–Kier alpha value is -2.83. The van der Waals surface area contributed by atoms with Crippen molar-refractivity contribution in [1.82, 2.24) is 10.6 Å². The Morgan fingerprint density at radius 3 is 2.44 bits per heavy atom. The number of hydrogen-bond acceptors (Lipinski definition) is 4. The minimum Gasteiger partial charge on any atom is -0.405 e. The first-order chi connectivity index (χ1) is 16.3. The molecular formula is C26H25Cl2F4N3O. The molecule has 192 valence electrons. The number of rotatable bonds is 6. The molecule has 0 saturated carbocycles. The topological polar surface area (TPSA) is 57.1 Å². The van der Waals surface area contributed by atoms with Gasteiger partial charge >= 0.3 is 6.36 Å². The van der Waals surface area contributed by atoms with Crippen LogP contribution in [0.4, 0.5) is 17.6 Å². The summed E-state index contributed by atoms with van der Waals surface area (Å²) in [6.07, 6.45) is -4.05. The van der Waals surface area contributed by atoms with Crippen LogP contribution in [-0.4, -0.2) is 25.5 Å². The molecular weight excluding hydrogens is 517 g/mol. The van der Waals surface area contributed by atoms with E-state index in [-0.39, 0.29) is 65.8 Å². The lowest BCUT2D eigenvalue weighted by molar-refractivity contribution is -0.274. The fourth-order valence-electron chi connectivity index (χ4n) is 4.32. The van der Waals surface area contributed by atoms with Gasteiger partial charge in [0.05, 0.1) is 11.6 Å². The Morgan fingerprint density at radius 1 is 1.03 bits per heavy atom. The lowest BCUT2D eigenvalue weighted by Crippen LogP contribution is -2.45. The molecule has 1 heterocycles. The van der Waals surface area contributed by atoms with Crippen LogP contribution < -0.4 is 15.4 Å². The van der Waals surface area contributed by atoms with E-state index in [1.54, 1.807) is 0 Å². The highest BCUT2D eigenvalue weighted by Gasteiger charge is 2.32. The first-order valence-electron chi connectivity index (χ1n) is 10.9. The monoisotopic (exact) mass is 541 g/mol. The van der Waals surface area contributed by atoms with Crippen LogP contribution >= 0.6 is 24.8 Å². The van der Waals surface area contributed by atoms with Gasteiger partial charge in [-0.2, -0.15) is 5.26 Å². The van der Waals surface area contributed by atoms with Gasteiger partial charge in [0, 0.05) is 36.2 Å². The number of benzene rings is 3. The first-order valence-corrected chi connectivity index (χ1v) is 10.9. The Morgan fingerprint density at radius 2 is 1.78 bits per heavy atom. The van der Waals surface area contributed by atoms with E-state index in [0.717, 1.165) is 31.1 Å². The number of ether oxygens (including phenoxy) is 1. The van der Waals surface area contributed by atoms with Crippen molar-refractivity contribution in [3.63, 3.8) is 0 Å². The van der Waals surface area contributed by atoms with Crippen molar-refractivity contribution in [3.8, 4) is 22.9 Å². The average molecular weight is 542 g/mol. The van der Waals surface area contributed by atoms with E-state index in [4.69, 9.17) is 5.26 Å². The van der Waals surface area contributed by atoms with Gasteiger partial charge in [0.1, 0.15) is 11.6 Å². The molecule has 3 aromatic carbocycles. The van der Waals surface area contributed by atoms with E-state index in [0.29, 0.717) is 5.56 Å². The molecule has 1 fully saturated rings. The fourth-order valence-corrected chi connectivity index (χ4v) is 4.32. The molecule has 0 aromatic heterocycles. The lowest BCUT2D eigenvalue weighted by Gasteiger charge is -2.33. The van der Waals surface area contributed by atoms with Crippen molar-refractivity contribution >= 4 is 24.8 Å². The SMILES string of the molecule is Cl.Cl.N#Cc1ccc(-c2ccc(OC(F)(F)F)c(CN[C@H]3CCNC[C@H]3c3ccccc3)c2)c(F)c1. The average Bonchev–Trinajstić information content (AvgIpc) is 2.83. The molecule has 4 nitrogen and oxygen atoms in total. The maximum absolute atomic E-state index is 14.6. The third-order valence-corrected chi connectivity index (χ3v) is 5.96. The Bertz CT molecular complexity index is 1190. The number of nitrogens with one attached hydrogen (secondary N) is 2. The smallest absolute Gasteiger partial charge is 0.405 e.